The van der Waals surface area contributed by atoms with Gasteiger partial charge < -0.3 is 9.64 Å². The topological polar surface area (TPSA) is 29.5 Å². The molecule has 23 heavy (non-hydrogen) atoms. The lowest BCUT2D eigenvalue weighted by molar-refractivity contribution is -0.159. The van der Waals surface area contributed by atoms with Crippen LogP contribution in [0.4, 0.5) is 13.2 Å². The molecule has 1 fully saturated rings. The minimum atomic E-state index is -3.18. The van der Waals surface area contributed by atoms with E-state index in [4.69, 9.17) is 4.74 Å². The summed E-state index contributed by atoms with van der Waals surface area (Å²) in [4.78, 5) is 12.5. The highest BCUT2D eigenvalue weighted by molar-refractivity contribution is 5.80. The number of hydrogen-bond donors (Lipinski definition) is 0. The molecule has 3 nitrogen and oxygen atoms in total. The summed E-state index contributed by atoms with van der Waals surface area (Å²) in [6.07, 6.45) is -3.94. The molecule has 2 rings (SSSR count). The van der Waals surface area contributed by atoms with Crippen LogP contribution in [0.5, 0.6) is 0 Å². The summed E-state index contributed by atoms with van der Waals surface area (Å²) in [5.74, 6) is -1.41. The van der Waals surface area contributed by atoms with Gasteiger partial charge in [0.1, 0.15) is 18.5 Å². The third-order valence-electron chi connectivity index (χ3n) is 3.66. The van der Waals surface area contributed by atoms with E-state index in [1.54, 1.807) is 12.1 Å². The monoisotopic (exact) mass is 331 g/mol. The van der Waals surface area contributed by atoms with Crippen LogP contribution in [0.1, 0.15) is 44.9 Å². The van der Waals surface area contributed by atoms with E-state index in [1.165, 1.54) is 13.8 Å². The Morgan fingerprint density at radius 3 is 2.22 bits per heavy atom. The zero-order chi connectivity index (χ0) is 17.8. The number of carbonyl (C=O) groups excluding carboxylic acids is 1. The molecule has 1 aliphatic heterocycles. The maximum Gasteiger partial charge on any atom is 0.315 e. The van der Waals surface area contributed by atoms with Gasteiger partial charge in [-0.25, -0.2) is 4.39 Å². The fourth-order valence-electron chi connectivity index (χ4n) is 2.71. The fraction of sp³-hybridized carbons (Fsp3) is 0.588. The standard InChI is InChI=1S/C15H18F3NO2.C2H6/c1-9-4-6-10(7-5-9)12-11(8-16)19(14(20)13(17)18)15(2,3)21-12;1-2/h4-7,11-13H,8H2,1-3H3;1-2H3/t11-,12-;/m1./s1. The van der Waals surface area contributed by atoms with Crippen molar-refractivity contribution in [3.8, 4) is 0 Å². The first-order chi connectivity index (χ1) is 10.8. The van der Waals surface area contributed by atoms with E-state index in [1.807, 2.05) is 32.9 Å². The number of nitrogens with zero attached hydrogens (tertiary/aromatic N) is 1. The van der Waals surface area contributed by atoms with Gasteiger partial charge in [-0.1, -0.05) is 43.7 Å². The quantitative estimate of drug-likeness (QED) is 0.828. The van der Waals surface area contributed by atoms with Gasteiger partial charge in [-0.3, -0.25) is 4.79 Å². The number of halogens is 3. The summed E-state index contributed by atoms with van der Waals surface area (Å²) in [7, 11) is 0. The molecule has 1 aromatic rings. The highest BCUT2D eigenvalue weighted by Gasteiger charge is 2.51. The Bertz CT molecular complexity index is 517. The summed E-state index contributed by atoms with van der Waals surface area (Å²) in [6.45, 7) is 7.94. The van der Waals surface area contributed by atoms with E-state index in [9.17, 15) is 18.0 Å². The maximum atomic E-state index is 13.4. The number of aryl methyl sites for hydroxylation is 1. The summed E-state index contributed by atoms with van der Waals surface area (Å²) in [5, 5.41) is 0. The van der Waals surface area contributed by atoms with Crippen LogP contribution < -0.4 is 0 Å². The lowest BCUT2D eigenvalue weighted by Gasteiger charge is -2.32. The van der Waals surface area contributed by atoms with E-state index in [2.05, 4.69) is 0 Å². The molecule has 1 saturated heterocycles. The van der Waals surface area contributed by atoms with E-state index >= 15 is 0 Å². The highest BCUT2D eigenvalue weighted by Crippen LogP contribution is 2.41. The SMILES string of the molecule is CC.Cc1ccc([C@H]2OC(C)(C)N(C(=O)C(F)F)[C@@H]2CF)cc1. The fourth-order valence-corrected chi connectivity index (χ4v) is 2.71. The third-order valence-corrected chi connectivity index (χ3v) is 3.66. The second kappa shape index (κ2) is 7.81. The van der Waals surface area contributed by atoms with Crippen molar-refractivity contribution in [1.29, 1.82) is 0 Å². The molecule has 0 spiro atoms. The van der Waals surface area contributed by atoms with Gasteiger partial charge >= 0.3 is 6.43 Å². The number of ether oxygens (including phenoxy) is 1. The van der Waals surface area contributed by atoms with E-state index in [0.29, 0.717) is 5.56 Å². The molecule has 0 unspecified atom stereocenters. The number of amides is 1. The molecule has 1 aromatic carbocycles. The van der Waals surface area contributed by atoms with Crippen molar-refractivity contribution in [3.63, 3.8) is 0 Å². The van der Waals surface area contributed by atoms with Crippen LogP contribution in [0.25, 0.3) is 0 Å². The largest absolute Gasteiger partial charge is 0.346 e. The minimum Gasteiger partial charge on any atom is -0.346 e. The molecule has 1 heterocycles. The van der Waals surface area contributed by atoms with Crippen LogP contribution in [0.15, 0.2) is 24.3 Å². The van der Waals surface area contributed by atoms with Crippen molar-refractivity contribution in [3.05, 3.63) is 35.4 Å². The molecule has 130 valence electrons. The van der Waals surface area contributed by atoms with Crippen LogP contribution in [0, 0.1) is 6.92 Å². The minimum absolute atomic E-state index is 0.667. The van der Waals surface area contributed by atoms with Crippen molar-refractivity contribution in [2.24, 2.45) is 0 Å². The molecule has 0 N–H and O–H groups in total. The highest BCUT2D eigenvalue weighted by atomic mass is 19.3. The lowest BCUT2D eigenvalue weighted by atomic mass is 10.0. The Kier molecular flexibility index (Phi) is 6.62. The van der Waals surface area contributed by atoms with E-state index in [0.717, 1.165) is 10.5 Å². The molecule has 6 heteroatoms. The average Bonchev–Trinajstić information content (AvgIpc) is 2.79. The molecule has 2 atom stereocenters. The van der Waals surface area contributed by atoms with Crippen molar-refractivity contribution < 1.29 is 22.7 Å². The normalized spacial score (nSPS) is 22.7. The van der Waals surface area contributed by atoms with Gasteiger partial charge in [0.25, 0.3) is 5.91 Å². The lowest BCUT2D eigenvalue weighted by Crippen LogP contribution is -2.51. The molecular formula is C17H24F3NO2. The van der Waals surface area contributed by atoms with Gasteiger partial charge in [-0.2, -0.15) is 8.78 Å². The zero-order valence-corrected chi connectivity index (χ0v) is 14.1. The summed E-state index contributed by atoms with van der Waals surface area (Å²) in [6, 6.07) is 6.13. The Balaban J connectivity index is 0.00000127. The van der Waals surface area contributed by atoms with Crippen molar-refractivity contribution in [1.82, 2.24) is 4.90 Å². The predicted octanol–water partition coefficient (Wildman–Crippen LogP) is 4.26. The van der Waals surface area contributed by atoms with Crippen LogP contribution in [0.2, 0.25) is 0 Å². The first-order valence-electron chi connectivity index (χ1n) is 7.69. The Morgan fingerprint density at radius 1 is 1.26 bits per heavy atom. The number of hydrogen-bond acceptors (Lipinski definition) is 2. The zero-order valence-electron chi connectivity index (χ0n) is 14.1. The smallest absolute Gasteiger partial charge is 0.315 e. The van der Waals surface area contributed by atoms with E-state index in [-0.39, 0.29) is 0 Å². The summed E-state index contributed by atoms with van der Waals surface area (Å²) < 4.78 is 44.6. The van der Waals surface area contributed by atoms with Crippen molar-refractivity contribution in [2.75, 3.05) is 6.67 Å². The van der Waals surface area contributed by atoms with Crippen molar-refractivity contribution >= 4 is 5.91 Å². The molecule has 0 bridgehead atoms. The van der Waals surface area contributed by atoms with Crippen LogP contribution >= 0.6 is 0 Å². The number of rotatable bonds is 3. The Morgan fingerprint density at radius 2 is 1.78 bits per heavy atom. The van der Waals surface area contributed by atoms with Gasteiger partial charge in [0, 0.05) is 0 Å². The average molecular weight is 331 g/mol. The van der Waals surface area contributed by atoms with Crippen LogP contribution in [0.3, 0.4) is 0 Å². The second-order valence-electron chi connectivity index (χ2n) is 5.63. The molecule has 0 aromatic heterocycles. The molecule has 1 amide bonds. The van der Waals surface area contributed by atoms with Gasteiger partial charge in [-0.05, 0) is 26.3 Å². The predicted molar refractivity (Wildman–Crippen MR) is 83.0 cm³/mol. The van der Waals surface area contributed by atoms with Gasteiger partial charge in [0.2, 0.25) is 0 Å². The van der Waals surface area contributed by atoms with Gasteiger partial charge in [0.05, 0.1) is 6.04 Å². The van der Waals surface area contributed by atoms with Crippen molar-refractivity contribution in [2.45, 2.75) is 58.9 Å². The number of alkyl halides is 3. The van der Waals surface area contributed by atoms with Gasteiger partial charge in [0.15, 0.2) is 0 Å². The first kappa shape index (κ1) is 19.5. The Labute approximate surface area is 135 Å². The van der Waals surface area contributed by atoms with Crippen LogP contribution in [-0.2, 0) is 9.53 Å². The number of carbonyl (C=O) groups is 1. The second-order valence-corrected chi connectivity index (χ2v) is 5.63. The first-order valence-corrected chi connectivity index (χ1v) is 7.69. The Hall–Kier alpha value is -1.56. The third kappa shape index (κ3) is 4.05. The van der Waals surface area contributed by atoms with E-state index < -0.39 is 36.9 Å². The number of benzene rings is 1. The molecule has 0 aliphatic carbocycles. The molecule has 1 aliphatic rings. The maximum absolute atomic E-state index is 13.4. The summed E-state index contributed by atoms with van der Waals surface area (Å²) >= 11 is 0. The van der Waals surface area contributed by atoms with Crippen LogP contribution in [-0.4, -0.2) is 35.7 Å². The summed E-state index contributed by atoms with van der Waals surface area (Å²) in [5.41, 5.74) is 0.411. The van der Waals surface area contributed by atoms with Gasteiger partial charge in [-0.15, -0.1) is 0 Å². The molecule has 0 saturated carbocycles. The molecular weight excluding hydrogens is 307 g/mol. The molecule has 0 radical (unpaired) electrons.